The molecule has 2 N–H and O–H groups in total. The standard InChI is InChI=1S/C25H39NO5.ClH/c1-6-20(26-19-9-7-8-10-19)25(29)18-11-12-21(30-23(27)13-16(2)3)22(15-18)31-24(28)14-17(4)5;/h11-12,15-17,19-20,25-26,29H,6-10,13-14H2,1-5H3;1H. The van der Waals surface area contributed by atoms with E-state index in [0.717, 1.165) is 19.3 Å². The van der Waals surface area contributed by atoms with Crippen LogP contribution in [0.25, 0.3) is 0 Å². The Balaban J connectivity index is 0.00000512. The molecule has 0 saturated heterocycles. The van der Waals surface area contributed by atoms with Gasteiger partial charge in [-0.2, -0.15) is 0 Å². The minimum absolute atomic E-state index is 0. The zero-order valence-electron chi connectivity index (χ0n) is 20.1. The summed E-state index contributed by atoms with van der Waals surface area (Å²) in [5.74, 6) is -0.0796. The van der Waals surface area contributed by atoms with Crippen LogP contribution in [-0.4, -0.2) is 29.1 Å². The number of ether oxygens (including phenoxy) is 2. The van der Waals surface area contributed by atoms with Gasteiger partial charge in [0.1, 0.15) is 0 Å². The Labute approximate surface area is 198 Å². The number of carbonyl (C=O) groups is 2. The molecule has 0 bridgehead atoms. The zero-order chi connectivity index (χ0) is 23.0. The van der Waals surface area contributed by atoms with Gasteiger partial charge in [-0.05, 0) is 48.8 Å². The molecule has 0 radical (unpaired) electrons. The van der Waals surface area contributed by atoms with E-state index in [4.69, 9.17) is 9.47 Å². The lowest BCUT2D eigenvalue weighted by Gasteiger charge is -2.27. The summed E-state index contributed by atoms with van der Waals surface area (Å²) in [6.45, 7) is 9.79. The van der Waals surface area contributed by atoms with Crippen LogP contribution < -0.4 is 14.8 Å². The van der Waals surface area contributed by atoms with E-state index >= 15 is 0 Å². The summed E-state index contributed by atoms with van der Waals surface area (Å²) < 4.78 is 11.0. The summed E-state index contributed by atoms with van der Waals surface area (Å²) >= 11 is 0. The summed E-state index contributed by atoms with van der Waals surface area (Å²) in [7, 11) is 0. The van der Waals surface area contributed by atoms with Crippen LogP contribution >= 0.6 is 12.4 Å². The first-order valence-corrected chi connectivity index (χ1v) is 11.7. The van der Waals surface area contributed by atoms with Crippen LogP contribution in [0.1, 0.15) is 91.2 Å². The lowest BCUT2D eigenvalue weighted by molar-refractivity contribution is -0.138. The number of aliphatic hydroxyl groups excluding tert-OH is 1. The number of nitrogens with one attached hydrogen (secondary N) is 1. The zero-order valence-corrected chi connectivity index (χ0v) is 20.9. The number of aliphatic hydroxyl groups is 1. The average molecular weight is 470 g/mol. The van der Waals surface area contributed by atoms with Crippen LogP contribution in [0, 0.1) is 11.8 Å². The molecule has 6 nitrogen and oxygen atoms in total. The lowest BCUT2D eigenvalue weighted by atomic mass is 9.98. The summed E-state index contributed by atoms with van der Waals surface area (Å²) in [6.07, 6.45) is 5.24. The Hall–Kier alpha value is -1.63. The van der Waals surface area contributed by atoms with Gasteiger partial charge in [0.2, 0.25) is 0 Å². The Morgan fingerprint density at radius 1 is 1.00 bits per heavy atom. The van der Waals surface area contributed by atoms with Crippen LogP contribution in [0.5, 0.6) is 11.5 Å². The molecule has 2 atom stereocenters. The Kier molecular flexibility index (Phi) is 12.3. The van der Waals surface area contributed by atoms with Crippen LogP contribution in [0.3, 0.4) is 0 Å². The maximum absolute atomic E-state index is 12.3. The number of esters is 2. The van der Waals surface area contributed by atoms with Crippen molar-refractivity contribution < 1.29 is 24.2 Å². The molecule has 2 rings (SSSR count). The number of hydrogen-bond donors (Lipinski definition) is 2. The van der Waals surface area contributed by atoms with Gasteiger partial charge in [-0.15, -0.1) is 12.4 Å². The fraction of sp³-hybridized carbons (Fsp3) is 0.680. The Morgan fingerprint density at radius 3 is 2.03 bits per heavy atom. The van der Waals surface area contributed by atoms with E-state index in [9.17, 15) is 14.7 Å². The highest BCUT2D eigenvalue weighted by Crippen LogP contribution is 2.33. The quantitative estimate of drug-likeness (QED) is 0.335. The number of benzene rings is 1. The molecule has 0 amide bonds. The molecule has 1 aliphatic rings. The van der Waals surface area contributed by atoms with E-state index in [1.54, 1.807) is 18.2 Å². The molecule has 2 unspecified atom stereocenters. The lowest BCUT2D eigenvalue weighted by Crippen LogP contribution is -2.40. The van der Waals surface area contributed by atoms with Gasteiger partial charge in [0.05, 0.1) is 6.10 Å². The molecule has 7 heteroatoms. The van der Waals surface area contributed by atoms with Crippen LogP contribution in [0.4, 0.5) is 0 Å². The van der Waals surface area contributed by atoms with Gasteiger partial charge in [-0.25, -0.2) is 0 Å². The van der Waals surface area contributed by atoms with Crippen molar-refractivity contribution in [3.05, 3.63) is 23.8 Å². The first-order chi connectivity index (χ1) is 14.7. The smallest absolute Gasteiger partial charge is 0.311 e. The SMILES string of the molecule is CCC(NC1CCCC1)C(O)c1ccc(OC(=O)CC(C)C)c(OC(=O)CC(C)C)c1.Cl. The summed E-state index contributed by atoms with van der Waals surface area (Å²) in [4.78, 5) is 24.5. The van der Waals surface area contributed by atoms with Crippen LogP contribution in [0.15, 0.2) is 18.2 Å². The van der Waals surface area contributed by atoms with E-state index in [1.165, 1.54) is 12.8 Å². The van der Waals surface area contributed by atoms with Gasteiger partial charge in [-0.1, -0.05) is 53.5 Å². The van der Waals surface area contributed by atoms with Crippen molar-refractivity contribution in [2.45, 2.75) is 97.8 Å². The van der Waals surface area contributed by atoms with Gasteiger partial charge < -0.3 is 19.9 Å². The normalized spacial score (nSPS) is 16.0. The van der Waals surface area contributed by atoms with Gasteiger partial charge in [0.15, 0.2) is 11.5 Å². The summed E-state index contributed by atoms with van der Waals surface area (Å²) in [5.41, 5.74) is 0.633. The third kappa shape index (κ3) is 9.08. The van der Waals surface area contributed by atoms with E-state index in [1.807, 2.05) is 34.6 Å². The molecule has 182 valence electrons. The van der Waals surface area contributed by atoms with Crippen molar-refractivity contribution in [2.24, 2.45) is 11.8 Å². The fourth-order valence-corrected chi connectivity index (χ4v) is 3.93. The second-order valence-electron chi connectivity index (χ2n) is 9.46. The van der Waals surface area contributed by atoms with Crippen molar-refractivity contribution in [2.75, 3.05) is 0 Å². The predicted octanol–water partition coefficient (Wildman–Crippen LogP) is 5.36. The average Bonchev–Trinajstić information content (AvgIpc) is 3.18. The van der Waals surface area contributed by atoms with Gasteiger partial charge >= 0.3 is 11.9 Å². The molecular formula is C25H40ClNO5. The van der Waals surface area contributed by atoms with Crippen molar-refractivity contribution in [1.82, 2.24) is 5.32 Å². The van der Waals surface area contributed by atoms with E-state index < -0.39 is 6.10 Å². The van der Waals surface area contributed by atoms with Crippen LogP contribution in [0.2, 0.25) is 0 Å². The Bertz CT molecular complexity index is 731. The fourth-order valence-electron chi connectivity index (χ4n) is 3.93. The minimum atomic E-state index is -0.756. The predicted molar refractivity (Wildman–Crippen MR) is 128 cm³/mol. The highest BCUT2D eigenvalue weighted by molar-refractivity contribution is 5.85. The molecule has 1 aromatic rings. The summed E-state index contributed by atoms with van der Waals surface area (Å²) in [5, 5.41) is 14.6. The molecule has 1 fully saturated rings. The molecule has 1 aliphatic carbocycles. The van der Waals surface area contributed by atoms with Gasteiger partial charge in [0.25, 0.3) is 0 Å². The van der Waals surface area contributed by atoms with Crippen molar-refractivity contribution in [1.29, 1.82) is 0 Å². The van der Waals surface area contributed by atoms with Crippen LogP contribution in [-0.2, 0) is 9.59 Å². The third-order valence-electron chi connectivity index (χ3n) is 5.53. The summed E-state index contributed by atoms with van der Waals surface area (Å²) in [6, 6.07) is 5.30. The third-order valence-corrected chi connectivity index (χ3v) is 5.53. The molecular weight excluding hydrogens is 430 g/mol. The molecule has 32 heavy (non-hydrogen) atoms. The van der Waals surface area contributed by atoms with E-state index in [2.05, 4.69) is 5.32 Å². The number of halogens is 1. The molecule has 0 aliphatic heterocycles. The van der Waals surface area contributed by atoms with E-state index in [-0.39, 0.29) is 66.6 Å². The molecule has 0 aromatic heterocycles. The second-order valence-corrected chi connectivity index (χ2v) is 9.46. The molecule has 0 spiro atoms. The number of rotatable bonds is 11. The number of hydrogen-bond acceptors (Lipinski definition) is 6. The molecule has 1 saturated carbocycles. The van der Waals surface area contributed by atoms with Crippen molar-refractivity contribution in [3.8, 4) is 11.5 Å². The van der Waals surface area contributed by atoms with Gasteiger partial charge in [-0.3, -0.25) is 9.59 Å². The largest absolute Gasteiger partial charge is 0.423 e. The monoisotopic (exact) mass is 469 g/mol. The first-order valence-electron chi connectivity index (χ1n) is 11.7. The van der Waals surface area contributed by atoms with Gasteiger partial charge in [0, 0.05) is 24.9 Å². The molecule has 0 heterocycles. The maximum atomic E-state index is 12.3. The highest BCUT2D eigenvalue weighted by atomic mass is 35.5. The minimum Gasteiger partial charge on any atom is -0.423 e. The second kappa shape index (κ2) is 13.8. The highest BCUT2D eigenvalue weighted by Gasteiger charge is 2.26. The Morgan fingerprint density at radius 2 is 1.53 bits per heavy atom. The van der Waals surface area contributed by atoms with Crippen molar-refractivity contribution in [3.63, 3.8) is 0 Å². The maximum Gasteiger partial charge on any atom is 0.311 e. The molecule has 1 aromatic carbocycles. The van der Waals surface area contributed by atoms with E-state index in [0.29, 0.717) is 11.6 Å². The van der Waals surface area contributed by atoms with Crippen molar-refractivity contribution >= 4 is 24.3 Å². The first kappa shape index (κ1) is 28.4. The number of carbonyl (C=O) groups excluding carboxylic acids is 2. The topological polar surface area (TPSA) is 84.9 Å².